The number of ketones is 1. The lowest BCUT2D eigenvalue weighted by atomic mass is 10.1. The number of halogens is 1. The Bertz CT molecular complexity index is 1110. The molecule has 3 aromatic rings. The van der Waals surface area contributed by atoms with Crippen LogP contribution in [0.15, 0.2) is 46.9 Å². The van der Waals surface area contributed by atoms with Gasteiger partial charge in [0.05, 0.1) is 24.6 Å². The summed E-state index contributed by atoms with van der Waals surface area (Å²) in [4.78, 5) is 24.4. The molecule has 0 aliphatic heterocycles. The Morgan fingerprint density at radius 2 is 2.06 bits per heavy atom. The smallest absolute Gasteiger partial charge is 0.240 e. The number of aliphatic hydroxyl groups excluding tert-OH is 1. The number of hydrazone groups is 1. The number of hydrogen-bond acceptors (Lipinski definition) is 7. The average molecular weight is 444 g/mol. The first kappa shape index (κ1) is 22.4. The summed E-state index contributed by atoms with van der Waals surface area (Å²) in [6, 6.07) is 9.49. The number of methoxy groups -OCH3 is 1. The molecule has 9 heteroatoms. The molecule has 2 aromatic carbocycles. The molecule has 0 unspecified atom stereocenters. The molecule has 1 aromatic heterocycles. The first-order valence-corrected chi connectivity index (χ1v) is 10.3. The van der Waals surface area contributed by atoms with E-state index in [0.29, 0.717) is 27.3 Å². The minimum atomic E-state index is -0.412. The minimum absolute atomic E-state index is 0.00601. The number of nitrogens with one attached hydrogen (secondary N) is 1. The lowest BCUT2D eigenvalue weighted by Gasteiger charge is -2.11. The third-order valence-corrected chi connectivity index (χ3v) is 5.41. The van der Waals surface area contributed by atoms with E-state index in [4.69, 9.17) is 14.6 Å². The molecule has 0 bridgehead atoms. The van der Waals surface area contributed by atoms with Crippen molar-refractivity contribution in [2.45, 2.75) is 12.8 Å². The van der Waals surface area contributed by atoms with Gasteiger partial charge in [0.1, 0.15) is 12.4 Å². The van der Waals surface area contributed by atoms with Crippen LogP contribution in [0.25, 0.3) is 10.1 Å². The molecule has 0 atom stereocenters. The van der Waals surface area contributed by atoms with Crippen molar-refractivity contribution in [3.63, 3.8) is 0 Å². The molecular weight excluding hydrogens is 423 g/mol. The highest BCUT2D eigenvalue weighted by atomic mass is 32.1. The van der Waals surface area contributed by atoms with Crippen LogP contribution < -0.4 is 14.9 Å². The normalized spacial score (nSPS) is 11.1. The van der Waals surface area contributed by atoms with Gasteiger partial charge in [0.25, 0.3) is 0 Å². The number of carbonyl (C=O) groups excluding carboxylic acids is 2. The van der Waals surface area contributed by atoms with E-state index in [1.807, 2.05) is 0 Å². The van der Waals surface area contributed by atoms with E-state index >= 15 is 0 Å². The number of ether oxygens (including phenoxy) is 2. The predicted octanol–water partition coefficient (Wildman–Crippen LogP) is 3.53. The highest BCUT2D eigenvalue weighted by molar-refractivity contribution is 7.17. The Labute approximate surface area is 182 Å². The van der Waals surface area contributed by atoms with Gasteiger partial charge in [-0.25, -0.2) is 9.82 Å². The Morgan fingerprint density at radius 3 is 2.84 bits per heavy atom. The summed E-state index contributed by atoms with van der Waals surface area (Å²) in [5.74, 6) is -0.154. The van der Waals surface area contributed by atoms with Crippen molar-refractivity contribution < 1.29 is 28.6 Å². The summed E-state index contributed by atoms with van der Waals surface area (Å²) in [5, 5.41) is 15.2. The molecule has 0 saturated carbocycles. The maximum absolute atomic E-state index is 13.7. The summed E-state index contributed by atoms with van der Waals surface area (Å²) in [6.07, 6.45) is 1.40. The van der Waals surface area contributed by atoms with E-state index in [2.05, 4.69) is 10.5 Å². The fourth-order valence-electron chi connectivity index (χ4n) is 2.86. The van der Waals surface area contributed by atoms with Gasteiger partial charge in [0, 0.05) is 34.7 Å². The molecule has 0 aliphatic carbocycles. The predicted molar refractivity (Wildman–Crippen MR) is 117 cm³/mol. The number of Topliss-reactive ketones (excluding diaryl/α,β-unsaturated/α-hetero) is 1. The van der Waals surface area contributed by atoms with Crippen molar-refractivity contribution in [3.05, 3.63) is 58.7 Å². The van der Waals surface area contributed by atoms with Crippen LogP contribution in [0.4, 0.5) is 4.39 Å². The van der Waals surface area contributed by atoms with E-state index in [-0.39, 0.29) is 37.7 Å². The second-order valence-corrected chi connectivity index (χ2v) is 7.34. The number of carbonyl (C=O) groups is 2. The van der Waals surface area contributed by atoms with Crippen molar-refractivity contribution in [1.29, 1.82) is 0 Å². The molecule has 2 N–H and O–H groups in total. The molecule has 0 fully saturated rings. The zero-order valence-electron chi connectivity index (χ0n) is 16.8. The number of benzene rings is 2. The first-order valence-electron chi connectivity index (χ1n) is 9.46. The zero-order chi connectivity index (χ0) is 22.2. The molecule has 0 aliphatic rings. The summed E-state index contributed by atoms with van der Waals surface area (Å²) < 4.78 is 24.8. The first-order chi connectivity index (χ1) is 15.0. The van der Waals surface area contributed by atoms with Gasteiger partial charge in [-0.3, -0.25) is 9.59 Å². The zero-order valence-corrected chi connectivity index (χ0v) is 17.6. The maximum atomic E-state index is 13.7. The second-order valence-electron chi connectivity index (χ2n) is 6.46. The van der Waals surface area contributed by atoms with Gasteiger partial charge in [-0.2, -0.15) is 5.10 Å². The van der Waals surface area contributed by atoms with E-state index in [1.165, 1.54) is 36.8 Å². The van der Waals surface area contributed by atoms with Gasteiger partial charge in [-0.05, 0) is 24.3 Å². The third kappa shape index (κ3) is 5.65. The topological polar surface area (TPSA) is 97.2 Å². The number of rotatable bonds is 10. The van der Waals surface area contributed by atoms with Crippen LogP contribution >= 0.6 is 11.3 Å². The van der Waals surface area contributed by atoms with Crippen molar-refractivity contribution >= 4 is 39.3 Å². The Balaban J connectivity index is 1.53. The van der Waals surface area contributed by atoms with Crippen LogP contribution in [0.2, 0.25) is 0 Å². The summed E-state index contributed by atoms with van der Waals surface area (Å²) in [6.45, 7) is -0.0264. The van der Waals surface area contributed by atoms with Crippen molar-refractivity contribution in [1.82, 2.24) is 5.43 Å². The number of nitrogens with zero attached hydrogens (tertiary/aromatic N) is 1. The van der Waals surface area contributed by atoms with Gasteiger partial charge < -0.3 is 14.6 Å². The fraction of sp³-hybridized carbons (Fsp3) is 0.227. The molecule has 1 heterocycles. The standard InChI is InChI=1S/C22H21FN2O5S/c1-29-20-11-14(5-7-19(20)30-10-9-26)18(27)6-8-21(28)25-24-12-15-13-31-22-16(15)3-2-4-17(22)23/h2-5,7,11-13,26H,6,8-10H2,1H3,(H,25,28)/b24-12+. The monoisotopic (exact) mass is 444 g/mol. The molecule has 31 heavy (non-hydrogen) atoms. The molecular formula is C22H21FN2O5S. The van der Waals surface area contributed by atoms with Gasteiger partial charge in [0.2, 0.25) is 5.91 Å². The maximum Gasteiger partial charge on any atom is 0.240 e. The molecule has 0 spiro atoms. The van der Waals surface area contributed by atoms with E-state index in [0.717, 1.165) is 5.39 Å². The Kier molecular flexibility index (Phi) is 7.69. The number of hydrogen-bond donors (Lipinski definition) is 2. The summed E-state index contributed by atoms with van der Waals surface area (Å²) >= 11 is 1.26. The summed E-state index contributed by atoms with van der Waals surface area (Å²) in [5.41, 5.74) is 3.47. The van der Waals surface area contributed by atoms with Crippen molar-refractivity contribution in [2.75, 3.05) is 20.3 Å². The number of aliphatic hydroxyl groups is 1. The van der Waals surface area contributed by atoms with Crippen LogP contribution in [0.3, 0.4) is 0 Å². The average Bonchev–Trinajstić information content (AvgIpc) is 3.20. The lowest BCUT2D eigenvalue weighted by Crippen LogP contribution is -2.18. The highest BCUT2D eigenvalue weighted by Crippen LogP contribution is 2.29. The Hall–Kier alpha value is -3.30. The number of fused-ring (bicyclic) bond motifs is 1. The van der Waals surface area contributed by atoms with Crippen LogP contribution in [0.1, 0.15) is 28.8 Å². The van der Waals surface area contributed by atoms with Crippen LogP contribution in [0, 0.1) is 5.82 Å². The second kappa shape index (κ2) is 10.6. The molecule has 3 rings (SSSR count). The largest absolute Gasteiger partial charge is 0.493 e. The molecule has 0 saturated heterocycles. The van der Waals surface area contributed by atoms with Crippen molar-refractivity contribution in [3.8, 4) is 11.5 Å². The lowest BCUT2D eigenvalue weighted by molar-refractivity contribution is -0.121. The van der Waals surface area contributed by atoms with Gasteiger partial charge in [0.15, 0.2) is 17.3 Å². The molecule has 0 radical (unpaired) electrons. The molecule has 1 amide bonds. The van der Waals surface area contributed by atoms with Gasteiger partial charge in [-0.1, -0.05) is 12.1 Å². The molecule has 162 valence electrons. The van der Waals surface area contributed by atoms with E-state index < -0.39 is 5.91 Å². The van der Waals surface area contributed by atoms with Gasteiger partial charge in [-0.15, -0.1) is 11.3 Å². The minimum Gasteiger partial charge on any atom is -0.493 e. The number of amides is 1. The fourth-order valence-corrected chi connectivity index (χ4v) is 3.78. The van der Waals surface area contributed by atoms with Crippen LogP contribution in [-0.4, -0.2) is 43.3 Å². The van der Waals surface area contributed by atoms with Crippen LogP contribution in [-0.2, 0) is 4.79 Å². The number of thiophene rings is 1. The van der Waals surface area contributed by atoms with Gasteiger partial charge >= 0.3 is 0 Å². The van der Waals surface area contributed by atoms with E-state index in [1.54, 1.807) is 29.6 Å². The Morgan fingerprint density at radius 1 is 1.23 bits per heavy atom. The van der Waals surface area contributed by atoms with Crippen molar-refractivity contribution in [2.24, 2.45) is 5.10 Å². The third-order valence-electron chi connectivity index (χ3n) is 4.39. The quantitative estimate of drug-likeness (QED) is 0.283. The highest BCUT2D eigenvalue weighted by Gasteiger charge is 2.13. The van der Waals surface area contributed by atoms with Crippen LogP contribution in [0.5, 0.6) is 11.5 Å². The molecule has 7 nitrogen and oxygen atoms in total. The van der Waals surface area contributed by atoms with E-state index in [9.17, 15) is 14.0 Å². The summed E-state index contributed by atoms with van der Waals surface area (Å²) in [7, 11) is 1.45. The SMILES string of the molecule is COc1cc(C(=O)CCC(=O)N/N=C/c2csc3c(F)cccc23)ccc1OCCO.